The van der Waals surface area contributed by atoms with E-state index in [1.807, 2.05) is 6.92 Å². The first-order valence-corrected chi connectivity index (χ1v) is 5.21. The first-order chi connectivity index (χ1) is 7.54. The Morgan fingerprint density at radius 1 is 1.69 bits per heavy atom. The van der Waals surface area contributed by atoms with E-state index in [4.69, 9.17) is 23.8 Å². The molecule has 0 bridgehead atoms. The Bertz CT molecular complexity index is 437. The SMILES string of the molecule is C#CCC(C)NC(=O)c1ccc(N)c(Cl)c1. The molecule has 0 radical (unpaired) electrons. The summed E-state index contributed by atoms with van der Waals surface area (Å²) in [5.41, 5.74) is 6.48. The van der Waals surface area contributed by atoms with Crippen molar-refractivity contribution in [1.82, 2.24) is 5.32 Å². The van der Waals surface area contributed by atoms with E-state index < -0.39 is 0 Å². The lowest BCUT2D eigenvalue weighted by atomic mass is 10.1. The van der Waals surface area contributed by atoms with Gasteiger partial charge in [-0.1, -0.05) is 11.6 Å². The Hall–Kier alpha value is -1.66. The molecule has 4 heteroatoms. The van der Waals surface area contributed by atoms with Crippen LogP contribution in [0.5, 0.6) is 0 Å². The van der Waals surface area contributed by atoms with Crippen molar-refractivity contribution in [3.63, 3.8) is 0 Å². The minimum Gasteiger partial charge on any atom is -0.398 e. The van der Waals surface area contributed by atoms with Crippen molar-refractivity contribution in [2.24, 2.45) is 0 Å². The van der Waals surface area contributed by atoms with Crippen LogP contribution in [-0.2, 0) is 0 Å². The van der Waals surface area contributed by atoms with E-state index in [2.05, 4.69) is 11.2 Å². The van der Waals surface area contributed by atoms with Crippen molar-refractivity contribution in [3.8, 4) is 12.3 Å². The van der Waals surface area contributed by atoms with Gasteiger partial charge in [-0.15, -0.1) is 12.3 Å². The van der Waals surface area contributed by atoms with Crippen LogP contribution in [0.4, 0.5) is 5.69 Å². The number of rotatable bonds is 3. The van der Waals surface area contributed by atoms with Gasteiger partial charge in [-0.2, -0.15) is 0 Å². The highest BCUT2D eigenvalue weighted by Gasteiger charge is 2.10. The molecule has 1 aromatic carbocycles. The monoisotopic (exact) mass is 236 g/mol. The second-order valence-electron chi connectivity index (χ2n) is 3.52. The number of amides is 1. The summed E-state index contributed by atoms with van der Waals surface area (Å²) in [6.45, 7) is 1.84. The fourth-order valence-corrected chi connectivity index (χ4v) is 1.38. The normalized spacial score (nSPS) is 11.6. The highest BCUT2D eigenvalue weighted by Crippen LogP contribution is 2.19. The molecule has 3 N–H and O–H groups in total. The number of terminal acetylenes is 1. The third-order valence-corrected chi connectivity index (χ3v) is 2.39. The van der Waals surface area contributed by atoms with E-state index in [1.54, 1.807) is 12.1 Å². The van der Waals surface area contributed by atoms with E-state index in [9.17, 15) is 4.79 Å². The van der Waals surface area contributed by atoms with Gasteiger partial charge in [0.25, 0.3) is 5.91 Å². The second-order valence-corrected chi connectivity index (χ2v) is 3.93. The van der Waals surface area contributed by atoms with E-state index in [0.717, 1.165) is 0 Å². The molecule has 0 saturated carbocycles. The summed E-state index contributed by atoms with van der Waals surface area (Å²) < 4.78 is 0. The average molecular weight is 237 g/mol. The molecule has 1 amide bonds. The minimum atomic E-state index is -0.204. The third-order valence-electron chi connectivity index (χ3n) is 2.06. The van der Waals surface area contributed by atoms with Gasteiger partial charge in [0.1, 0.15) is 0 Å². The molecule has 1 atom stereocenters. The van der Waals surface area contributed by atoms with Crippen LogP contribution in [0.3, 0.4) is 0 Å². The van der Waals surface area contributed by atoms with Crippen molar-refractivity contribution < 1.29 is 4.79 Å². The number of nitrogens with one attached hydrogen (secondary N) is 1. The Kier molecular flexibility index (Phi) is 4.21. The Morgan fingerprint density at radius 2 is 2.38 bits per heavy atom. The Labute approximate surface area is 100.0 Å². The van der Waals surface area contributed by atoms with Crippen LogP contribution in [0.25, 0.3) is 0 Å². The van der Waals surface area contributed by atoms with Gasteiger partial charge in [0.2, 0.25) is 0 Å². The molecule has 0 saturated heterocycles. The van der Waals surface area contributed by atoms with Gasteiger partial charge in [-0.05, 0) is 25.1 Å². The maximum Gasteiger partial charge on any atom is 0.251 e. The van der Waals surface area contributed by atoms with Crippen molar-refractivity contribution in [2.75, 3.05) is 5.73 Å². The second kappa shape index (κ2) is 5.43. The highest BCUT2D eigenvalue weighted by atomic mass is 35.5. The predicted molar refractivity (Wildman–Crippen MR) is 66.2 cm³/mol. The van der Waals surface area contributed by atoms with Gasteiger partial charge < -0.3 is 11.1 Å². The number of carbonyl (C=O) groups is 1. The molecule has 0 aromatic heterocycles. The van der Waals surface area contributed by atoms with Crippen molar-refractivity contribution >= 4 is 23.2 Å². The van der Waals surface area contributed by atoms with Crippen molar-refractivity contribution in [3.05, 3.63) is 28.8 Å². The molecule has 0 aliphatic carbocycles. The third kappa shape index (κ3) is 3.18. The maximum absolute atomic E-state index is 11.7. The summed E-state index contributed by atoms with van der Waals surface area (Å²) in [6.07, 6.45) is 5.64. The molecular weight excluding hydrogens is 224 g/mol. The van der Waals surface area contributed by atoms with Crippen LogP contribution in [0, 0.1) is 12.3 Å². The van der Waals surface area contributed by atoms with Crippen LogP contribution in [-0.4, -0.2) is 11.9 Å². The fourth-order valence-electron chi connectivity index (χ4n) is 1.20. The first kappa shape index (κ1) is 12.4. The largest absolute Gasteiger partial charge is 0.398 e. The predicted octanol–water partition coefficient (Wildman–Crippen LogP) is 2.06. The lowest BCUT2D eigenvalue weighted by Gasteiger charge is -2.11. The van der Waals surface area contributed by atoms with E-state index >= 15 is 0 Å². The quantitative estimate of drug-likeness (QED) is 0.624. The van der Waals surface area contributed by atoms with Crippen LogP contribution in [0.2, 0.25) is 5.02 Å². The summed E-state index contributed by atoms with van der Waals surface area (Å²) in [4.78, 5) is 11.7. The van der Waals surface area contributed by atoms with Crippen LogP contribution >= 0.6 is 11.6 Å². The number of hydrogen-bond donors (Lipinski definition) is 2. The molecular formula is C12H13ClN2O. The number of nitrogens with two attached hydrogens (primary N) is 1. The molecule has 0 aliphatic rings. The molecule has 0 fully saturated rings. The molecule has 1 aromatic rings. The van der Waals surface area contributed by atoms with E-state index in [1.165, 1.54) is 6.07 Å². The fraction of sp³-hybridized carbons (Fsp3) is 0.250. The van der Waals surface area contributed by atoms with Crippen molar-refractivity contribution in [1.29, 1.82) is 0 Å². The number of carbonyl (C=O) groups excluding carboxylic acids is 1. The summed E-state index contributed by atoms with van der Waals surface area (Å²) in [6, 6.07) is 4.70. The zero-order valence-corrected chi connectivity index (χ0v) is 9.71. The number of hydrogen-bond acceptors (Lipinski definition) is 2. The van der Waals surface area contributed by atoms with Crippen molar-refractivity contribution in [2.45, 2.75) is 19.4 Å². The number of benzene rings is 1. The molecule has 84 valence electrons. The molecule has 16 heavy (non-hydrogen) atoms. The molecule has 0 heterocycles. The number of anilines is 1. The van der Waals surface area contributed by atoms with Gasteiger partial charge in [-0.25, -0.2) is 0 Å². The van der Waals surface area contributed by atoms with Crippen LogP contribution in [0.1, 0.15) is 23.7 Å². The Morgan fingerprint density at radius 3 is 2.94 bits per heavy atom. The lowest BCUT2D eigenvalue weighted by Crippen LogP contribution is -2.32. The van der Waals surface area contributed by atoms with Gasteiger partial charge in [0, 0.05) is 18.0 Å². The van der Waals surface area contributed by atoms with E-state index in [0.29, 0.717) is 22.7 Å². The highest BCUT2D eigenvalue weighted by molar-refractivity contribution is 6.33. The molecule has 0 spiro atoms. The smallest absolute Gasteiger partial charge is 0.251 e. The number of halogens is 1. The minimum absolute atomic E-state index is 0.0613. The summed E-state index contributed by atoms with van der Waals surface area (Å²) in [5.74, 6) is 2.28. The lowest BCUT2D eigenvalue weighted by molar-refractivity contribution is 0.0941. The van der Waals surface area contributed by atoms with Gasteiger partial charge in [0.15, 0.2) is 0 Å². The van der Waals surface area contributed by atoms with Gasteiger partial charge in [-0.3, -0.25) is 4.79 Å². The molecule has 1 unspecified atom stereocenters. The zero-order valence-electron chi connectivity index (χ0n) is 8.96. The molecule has 1 rings (SSSR count). The van der Waals surface area contributed by atoms with E-state index in [-0.39, 0.29) is 11.9 Å². The van der Waals surface area contributed by atoms with Gasteiger partial charge >= 0.3 is 0 Å². The van der Waals surface area contributed by atoms with Crippen LogP contribution < -0.4 is 11.1 Å². The van der Waals surface area contributed by atoms with Crippen LogP contribution in [0.15, 0.2) is 18.2 Å². The zero-order chi connectivity index (χ0) is 12.1. The molecule has 0 aliphatic heterocycles. The Balaban J connectivity index is 2.74. The summed E-state index contributed by atoms with van der Waals surface area (Å²) in [5, 5.41) is 3.14. The summed E-state index contributed by atoms with van der Waals surface area (Å²) >= 11 is 5.82. The maximum atomic E-state index is 11.7. The average Bonchev–Trinajstić information content (AvgIpc) is 2.22. The topological polar surface area (TPSA) is 55.1 Å². The molecule has 3 nitrogen and oxygen atoms in total. The number of nitrogen functional groups attached to an aromatic ring is 1. The van der Waals surface area contributed by atoms with Gasteiger partial charge in [0.05, 0.1) is 10.7 Å². The standard InChI is InChI=1S/C12H13ClN2O/c1-3-4-8(2)15-12(16)9-5-6-11(14)10(13)7-9/h1,5-8H,4,14H2,2H3,(H,15,16). The first-order valence-electron chi connectivity index (χ1n) is 4.84. The summed E-state index contributed by atoms with van der Waals surface area (Å²) in [7, 11) is 0.